The van der Waals surface area contributed by atoms with Crippen molar-refractivity contribution in [2.75, 3.05) is 18.0 Å². The van der Waals surface area contributed by atoms with E-state index in [0.717, 1.165) is 48.5 Å². The average molecular weight is 412 g/mol. The van der Waals surface area contributed by atoms with Gasteiger partial charge in [-0.15, -0.1) is 0 Å². The highest BCUT2D eigenvalue weighted by Crippen LogP contribution is 2.63. The molecule has 5 heteroatoms. The van der Waals surface area contributed by atoms with Gasteiger partial charge in [-0.1, -0.05) is 6.92 Å². The van der Waals surface area contributed by atoms with Crippen LogP contribution in [0.15, 0.2) is 18.2 Å². The summed E-state index contributed by atoms with van der Waals surface area (Å²) in [7, 11) is 0. The normalized spacial score (nSPS) is 38.6. The van der Waals surface area contributed by atoms with Crippen molar-refractivity contribution in [1.82, 2.24) is 5.32 Å². The van der Waals surface area contributed by atoms with Crippen LogP contribution in [0.5, 0.6) is 0 Å². The molecule has 0 amide bonds. The lowest BCUT2D eigenvalue weighted by molar-refractivity contribution is -0.385. The minimum Gasteiger partial charge on any atom is -0.368 e. The van der Waals surface area contributed by atoms with E-state index < -0.39 is 0 Å². The molecular formula is C25H37N3O2. The van der Waals surface area contributed by atoms with Crippen LogP contribution in [-0.2, 0) is 6.42 Å². The molecule has 1 N–H and O–H groups in total. The number of nitrogens with zero attached hydrogens (tertiary/aromatic N) is 2. The molecule has 1 aromatic carbocycles. The Kier molecular flexibility index (Phi) is 5.08. The van der Waals surface area contributed by atoms with Gasteiger partial charge < -0.3 is 10.2 Å². The monoisotopic (exact) mass is 411 g/mol. The minimum atomic E-state index is -0.172. The van der Waals surface area contributed by atoms with Crippen LogP contribution in [0.3, 0.4) is 0 Å². The van der Waals surface area contributed by atoms with E-state index in [0.29, 0.717) is 29.1 Å². The number of piperazine rings is 1. The third kappa shape index (κ3) is 3.63. The Balaban J connectivity index is 1.41. The number of nitrogens with one attached hydrogen (secondary N) is 1. The first-order valence-electron chi connectivity index (χ1n) is 12.1. The number of anilines is 1. The summed E-state index contributed by atoms with van der Waals surface area (Å²) >= 11 is 0. The van der Waals surface area contributed by atoms with Gasteiger partial charge in [0.15, 0.2) is 0 Å². The van der Waals surface area contributed by atoms with Crippen LogP contribution >= 0.6 is 0 Å². The highest BCUT2D eigenvalue weighted by atomic mass is 16.6. The Morgan fingerprint density at radius 2 is 1.67 bits per heavy atom. The van der Waals surface area contributed by atoms with Gasteiger partial charge in [0.1, 0.15) is 0 Å². The fraction of sp³-hybridized carbons (Fsp3) is 0.760. The summed E-state index contributed by atoms with van der Waals surface area (Å²) in [5, 5.41) is 15.4. The molecule has 30 heavy (non-hydrogen) atoms. The fourth-order valence-electron chi connectivity index (χ4n) is 7.98. The maximum atomic E-state index is 11.8. The van der Waals surface area contributed by atoms with Crippen molar-refractivity contribution in [3.8, 4) is 0 Å². The van der Waals surface area contributed by atoms with Gasteiger partial charge in [0, 0.05) is 42.5 Å². The molecule has 5 nitrogen and oxygen atoms in total. The molecule has 164 valence electrons. The summed E-state index contributed by atoms with van der Waals surface area (Å²) in [4.78, 5) is 14.1. The molecule has 5 aliphatic rings. The first-order valence-corrected chi connectivity index (χ1v) is 12.1. The van der Waals surface area contributed by atoms with E-state index in [-0.39, 0.29) is 4.92 Å². The van der Waals surface area contributed by atoms with Gasteiger partial charge in [0.05, 0.1) is 4.92 Å². The summed E-state index contributed by atoms with van der Waals surface area (Å²) < 4.78 is 0. The summed E-state index contributed by atoms with van der Waals surface area (Å²) in [6.07, 6.45) is 9.26. The van der Waals surface area contributed by atoms with Crippen molar-refractivity contribution >= 4 is 11.4 Å². The zero-order valence-corrected chi connectivity index (χ0v) is 18.8. The standard InChI is InChI=1S/C25H37N3O2/c1-16(25-11-19-7-20(12-25)9-21(8-19)13-25)6-22-10-23(4-5-24(22)28(29)30)27-14-17(2)26-18(3)15-27/h4-5,10,16-21,26H,6-9,11-15H2,1-3H3/t16-,17+,18+,19?,20?,21?,25?/m0/s1. The van der Waals surface area contributed by atoms with E-state index in [4.69, 9.17) is 0 Å². The maximum absolute atomic E-state index is 11.8. The molecule has 0 aromatic heterocycles. The molecule has 3 atom stereocenters. The summed E-state index contributed by atoms with van der Waals surface area (Å²) in [6, 6.07) is 6.72. The molecule has 0 spiro atoms. The summed E-state index contributed by atoms with van der Waals surface area (Å²) in [6.45, 7) is 8.71. The number of hydrogen-bond donors (Lipinski definition) is 1. The van der Waals surface area contributed by atoms with E-state index in [1.54, 1.807) is 6.07 Å². The lowest BCUT2D eigenvalue weighted by Gasteiger charge is -2.59. The molecule has 1 aromatic rings. The molecule has 0 radical (unpaired) electrons. The Labute approximate surface area is 180 Å². The predicted octanol–water partition coefficient (Wildman–Crippen LogP) is 5.18. The lowest BCUT2D eigenvalue weighted by atomic mass is 9.46. The average Bonchev–Trinajstić information content (AvgIpc) is 2.66. The largest absolute Gasteiger partial charge is 0.368 e. The summed E-state index contributed by atoms with van der Waals surface area (Å²) in [5.41, 5.74) is 2.83. The smallest absolute Gasteiger partial charge is 0.272 e. The van der Waals surface area contributed by atoms with Gasteiger partial charge in [-0.25, -0.2) is 0 Å². The maximum Gasteiger partial charge on any atom is 0.272 e. The first kappa shape index (κ1) is 20.3. The highest BCUT2D eigenvalue weighted by Gasteiger charge is 2.53. The summed E-state index contributed by atoms with van der Waals surface area (Å²) in [5.74, 6) is 3.28. The van der Waals surface area contributed by atoms with Gasteiger partial charge in [0.2, 0.25) is 0 Å². The number of nitro groups is 1. The van der Waals surface area contributed by atoms with Crippen molar-refractivity contribution in [2.45, 2.75) is 77.8 Å². The second-order valence-corrected chi connectivity index (χ2v) is 11.3. The van der Waals surface area contributed by atoms with Gasteiger partial charge in [-0.2, -0.15) is 0 Å². The second kappa shape index (κ2) is 7.51. The quantitative estimate of drug-likeness (QED) is 0.536. The minimum absolute atomic E-state index is 0.172. The molecular weight excluding hydrogens is 374 g/mol. The van der Waals surface area contributed by atoms with E-state index in [9.17, 15) is 10.1 Å². The molecule has 4 aliphatic carbocycles. The Morgan fingerprint density at radius 3 is 2.20 bits per heavy atom. The fourth-order valence-corrected chi connectivity index (χ4v) is 7.98. The topological polar surface area (TPSA) is 58.4 Å². The number of rotatable bonds is 5. The third-order valence-electron chi connectivity index (χ3n) is 8.84. The molecule has 0 unspecified atom stereocenters. The second-order valence-electron chi connectivity index (χ2n) is 11.3. The van der Waals surface area contributed by atoms with Gasteiger partial charge in [-0.3, -0.25) is 10.1 Å². The molecule has 1 saturated heterocycles. The predicted molar refractivity (Wildman–Crippen MR) is 121 cm³/mol. The SMILES string of the molecule is C[C@@H]1CN(c2ccc([N+](=O)[O-])c(C[C@H](C)C34CC5CC(CC(C5)C3)C4)c2)C[C@@H](C)N1. The van der Waals surface area contributed by atoms with Crippen LogP contribution in [0, 0.1) is 39.2 Å². The van der Waals surface area contributed by atoms with Crippen molar-refractivity contribution in [1.29, 1.82) is 0 Å². The van der Waals surface area contributed by atoms with Crippen molar-refractivity contribution in [2.24, 2.45) is 29.1 Å². The zero-order chi connectivity index (χ0) is 21.0. The van der Waals surface area contributed by atoms with E-state index in [1.165, 1.54) is 38.5 Å². The van der Waals surface area contributed by atoms with Crippen LogP contribution in [-0.4, -0.2) is 30.1 Å². The Morgan fingerprint density at radius 1 is 1.10 bits per heavy atom. The third-order valence-corrected chi connectivity index (χ3v) is 8.84. The molecule has 1 aliphatic heterocycles. The Hall–Kier alpha value is -1.62. The van der Waals surface area contributed by atoms with Crippen LogP contribution in [0.4, 0.5) is 11.4 Å². The van der Waals surface area contributed by atoms with Crippen molar-refractivity contribution in [3.05, 3.63) is 33.9 Å². The van der Waals surface area contributed by atoms with E-state index >= 15 is 0 Å². The molecule has 6 rings (SSSR count). The number of hydrogen-bond acceptors (Lipinski definition) is 4. The van der Waals surface area contributed by atoms with Crippen molar-refractivity contribution < 1.29 is 4.92 Å². The molecule has 4 bridgehead atoms. The van der Waals surface area contributed by atoms with Crippen molar-refractivity contribution in [3.63, 3.8) is 0 Å². The first-order chi connectivity index (χ1) is 14.3. The van der Waals surface area contributed by atoms with Gasteiger partial charge >= 0.3 is 0 Å². The zero-order valence-electron chi connectivity index (χ0n) is 18.8. The highest BCUT2D eigenvalue weighted by molar-refractivity contribution is 5.56. The molecule has 5 fully saturated rings. The number of benzene rings is 1. The van der Waals surface area contributed by atoms with E-state index in [2.05, 4.69) is 37.1 Å². The molecule has 4 saturated carbocycles. The van der Waals surface area contributed by atoms with Crippen LogP contribution in [0.2, 0.25) is 0 Å². The van der Waals surface area contributed by atoms with E-state index in [1.807, 2.05) is 6.07 Å². The Bertz CT molecular complexity index is 777. The molecule has 1 heterocycles. The van der Waals surface area contributed by atoms with Crippen LogP contribution in [0.25, 0.3) is 0 Å². The lowest BCUT2D eigenvalue weighted by Crippen LogP contribution is -2.54. The van der Waals surface area contributed by atoms with Gasteiger partial charge in [0.25, 0.3) is 5.69 Å². The van der Waals surface area contributed by atoms with Crippen LogP contribution in [0.1, 0.15) is 64.9 Å². The van der Waals surface area contributed by atoms with Crippen LogP contribution < -0.4 is 10.2 Å². The van der Waals surface area contributed by atoms with Gasteiger partial charge in [-0.05, 0) is 100 Å². The number of nitro benzene ring substituents is 1.